The number of ether oxygens (including phenoxy) is 1. The second-order valence-electron chi connectivity index (χ2n) is 1.39. The van der Waals surface area contributed by atoms with Gasteiger partial charge in [-0.2, -0.15) is 0 Å². The molecule has 0 amide bonds. The van der Waals surface area contributed by atoms with Crippen LogP contribution < -0.4 is 0 Å². The molecule has 0 radical (unpaired) electrons. The van der Waals surface area contributed by atoms with Crippen molar-refractivity contribution in [2.45, 2.75) is 6.10 Å². The van der Waals surface area contributed by atoms with Crippen LogP contribution in [0.3, 0.4) is 0 Å². The lowest BCUT2D eigenvalue weighted by molar-refractivity contribution is -0.104. The molecule has 0 aromatic heterocycles. The molecule has 1 saturated heterocycles. The van der Waals surface area contributed by atoms with E-state index in [2.05, 4.69) is 0 Å². The number of rotatable bonds is 2. The summed E-state index contributed by atoms with van der Waals surface area (Å²) in [5.41, 5.74) is 0. The molecule has 1 unspecified atom stereocenters. The largest absolute Gasteiger partial charge is 0.369 e. The van der Waals surface area contributed by atoms with Gasteiger partial charge in [0.1, 0.15) is 6.29 Å². The Morgan fingerprint density at radius 1 is 1.71 bits per heavy atom. The number of hydrogen-bond acceptors (Lipinski definition) is 2. The van der Waals surface area contributed by atoms with E-state index in [9.17, 15) is 4.79 Å². The Hall–Kier alpha value is -0.630. The summed E-state index contributed by atoms with van der Waals surface area (Å²) in [5.74, 6) is 0. The quantitative estimate of drug-likeness (QED) is 0.279. The van der Waals surface area contributed by atoms with Gasteiger partial charge in [-0.15, -0.1) is 0 Å². The number of allylic oxidation sites excluding steroid dienone is 1. The Kier molecular flexibility index (Phi) is 1.22. The van der Waals surface area contributed by atoms with Crippen LogP contribution in [0.5, 0.6) is 0 Å². The number of hydrogen-bond donors (Lipinski definition) is 0. The van der Waals surface area contributed by atoms with E-state index in [1.807, 2.05) is 0 Å². The Morgan fingerprint density at radius 3 is 2.86 bits per heavy atom. The van der Waals surface area contributed by atoms with E-state index in [1.54, 1.807) is 6.08 Å². The van der Waals surface area contributed by atoms with Crippen LogP contribution in [0.25, 0.3) is 0 Å². The highest BCUT2D eigenvalue weighted by Crippen LogP contribution is 2.08. The van der Waals surface area contributed by atoms with Gasteiger partial charge < -0.3 is 4.74 Å². The second kappa shape index (κ2) is 1.89. The average molecular weight is 98.1 g/mol. The summed E-state index contributed by atoms with van der Waals surface area (Å²) in [6.45, 7) is 0.782. The maximum absolute atomic E-state index is 9.59. The molecule has 1 atom stereocenters. The molecule has 1 heterocycles. The maximum Gasteiger partial charge on any atom is 0.142 e. The fourth-order valence-corrected chi connectivity index (χ4v) is 0.336. The Morgan fingerprint density at radius 2 is 2.43 bits per heavy atom. The Bertz CT molecular complexity index is 92.3. The van der Waals surface area contributed by atoms with Gasteiger partial charge in [0.05, 0.1) is 12.7 Å². The third kappa shape index (κ3) is 1.50. The molecule has 0 aliphatic carbocycles. The van der Waals surface area contributed by atoms with Crippen molar-refractivity contribution in [3.8, 4) is 0 Å². The van der Waals surface area contributed by atoms with E-state index in [0.29, 0.717) is 0 Å². The fraction of sp³-hybridized carbons (Fsp3) is 0.400. The summed E-state index contributed by atoms with van der Waals surface area (Å²) in [4.78, 5) is 9.59. The van der Waals surface area contributed by atoms with Gasteiger partial charge in [0.2, 0.25) is 0 Å². The van der Waals surface area contributed by atoms with Crippen molar-refractivity contribution >= 4 is 6.29 Å². The monoisotopic (exact) mass is 98.0 g/mol. The molecule has 0 spiro atoms. The van der Waals surface area contributed by atoms with Crippen LogP contribution in [0.15, 0.2) is 12.2 Å². The molecule has 2 heteroatoms. The first-order chi connectivity index (χ1) is 3.43. The smallest absolute Gasteiger partial charge is 0.142 e. The number of aldehydes is 1. The average Bonchev–Trinajstić information content (AvgIpc) is 2.42. The zero-order valence-electron chi connectivity index (χ0n) is 3.83. The van der Waals surface area contributed by atoms with Crippen LogP contribution in [0.1, 0.15) is 0 Å². The first-order valence-corrected chi connectivity index (χ1v) is 2.17. The van der Waals surface area contributed by atoms with E-state index in [0.717, 1.165) is 12.9 Å². The van der Waals surface area contributed by atoms with E-state index < -0.39 is 0 Å². The second-order valence-corrected chi connectivity index (χ2v) is 1.39. The lowest BCUT2D eigenvalue weighted by Gasteiger charge is -1.66. The van der Waals surface area contributed by atoms with E-state index in [4.69, 9.17) is 4.74 Å². The zero-order valence-corrected chi connectivity index (χ0v) is 3.83. The predicted molar refractivity (Wildman–Crippen MR) is 24.9 cm³/mol. The molecule has 7 heavy (non-hydrogen) atoms. The summed E-state index contributed by atoms with van der Waals surface area (Å²) < 4.78 is 4.76. The van der Waals surface area contributed by atoms with E-state index in [-0.39, 0.29) is 6.10 Å². The zero-order chi connectivity index (χ0) is 5.11. The van der Waals surface area contributed by atoms with Gasteiger partial charge >= 0.3 is 0 Å². The van der Waals surface area contributed by atoms with Crippen molar-refractivity contribution in [2.24, 2.45) is 0 Å². The van der Waals surface area contributed by atoms with Gasteiger partial charge in [0, 0.05) is 0 Å². The molecular weight excluding hydrogens is 92.1 g/mol. The summed E-state index contributed by atoms with van der Waals surface area (Å²) in [6, 6.07) is 0. The number of carbonyl (C=O) groups excluding carboxylic acids is 1. The molecule has 0 aromatic carbocycles. The maximum atomic E-state index is 9.59. The molecule has 2 nitrogen and oxygen atoms in total. The molecule has 1 rings (SSSR count). The SMILES string of the molecule is O=C/C=C\C1CO1. The standard InChI is InChI=1S/C5H6O2/c6-3-1-2-5-4-7-5/h1-3,5H,4H2/b2-1-. The Balaban J connectivity index is 2.17. The number of carbonyl (C=O) groups is 1. The molecule has 1 aliphatic heterocycles. The summed E-state index contributed by atoms with van der Waals surface area (Å²) >= 11 is 0. The van der Waals surface area contributed by atoms with E-state index in [1.165, 1.54) is 6.08 Å². The number of epoxide rings is 1. The Labute approximate surface area is 41.8 Å². The van der Waals surface area contributed by atoms with Crippen LogP contribution in [-0.4, -0.2) is 19.0 Å². The van der Waals surface area contributed by atoms with Crippen molar-refractivity contribution < 1.29 is 9.53 Å². The van der Waals surface area contributed by atoms with Gasteiger partial charge in [0.25, 0.3) is 0 Å². The van der Waals surface area contributed by atoms with Crippen LogP contribution in [0, 0.1) is 0 Å². The summed E-state index contributed by atoms with van der Waals surface area (Å²) in [5, 5.41) is 0. The van der Waals surface area contributed by atoms with Crippen molar-refractivity contribution in [1.82, 2.24) is 0 Å². The minimum Gasteiger partial charge on any atom is -0.369 e. The minimum absolute atomic E-state index is 0.241. The molecular formula is C5H6O2. The first kappa shape index (κ1) is 4.53. The van der Waals surface area contributed by atoms with Crippen molar-refractivity contribution in [3.63, 3.8) is 0 Å². The minimum atomic E-state index is 0.241. The van der Waals surface area contributed by atoms with Crippen molar-refractivity contribution in [3.05, 3.63) is 12.2 Å². The summed E-state index contributed by atoms with van der Waals surface area (Å²) in [6.07, 6.45) is 4.19. The highest BCUT2D eigenvalue weighted by molar-refractivity contribution is 5.64. The molecule has 0 N–H and O–H groups in total. The van der Waals surface area contributed by atoms with Gasteiger partial charge in [-0.3, -0.25) is 4.79 Å². The molecule has 1 fully saturated rings. The molecule has 0 aromatic rings. The predicted octanol–water partition coefficient (Wildman–Crippen LogP) is 0.140. The van der Waals surface area contributed by atoms with Crippen LogP contribution in [0.4, 0.5) is 0 Å². The van der Waals surface area contributed by atoms with Crippen LogP contribution in [0.2, 0.25) is 0 Å². The van der Waals surface area contributed by atoms with Crippen molar-refractivity contribution in [2.75, 3.05) is 6.61 Å². The highest BCUT2D eigenvalue weighted by Gasteiger charge is 2.17. The normalized spacial score (nSPS) is 28.3. The van der Waals surface area contributed by atoms with Gasteiger partial charge in [0.15, 0.2) is 0 Å². The van der Waals surface area contributed by atoms with Gasteiger partial charge in [-0.1, -0.05) is 6.08 Å². The third-order valence-electron chi connectivity index (χ3n) is 0.763. The molecule has 0 bridgehead atoms. The van der Waals surface area contributed by atoms with Crippen LogP contribution in [-0.2, 0) is 9.53 Å². The molecule has 38 valence electrons. The highest BCUT2D eigenvalue weighted by atomic mass is 16.6. The fourth-order valence-electron chi connectivity index (χ4n) is 0.336. The first-order valence-electron chi connectivity index (χ1n) is 2.17. The van der Waals surface area contributed by atoms with Crippen LogP contribution >= 0.6 is 0 Å². The topological polar surface area (TPSA) is 29.6 Å². The molecule has 1 aliphatic rings. The van der Waals surface area contributed by atoms with E-state index >= 15 is 0 Å². The lowest BCUT2D eigenvalue weighted by atomic mass is 10.4. The summed E-state index contributed by atoms with van der Waals surface area (Å²) in [7, 11) is 0. The van der Waals surface area contributed by atoms with Crippen molar-refractivity contribution in [1.29, 1.82) is 0 Å². The third-order valence-corrected chi connectivity index (χ3v) is 0.763. The lowest BCUT2D eigenvalue weighted by Crippen LogP contribution is -1.72. The molecule has 0 saturated carbocycles. The van der Waals surface area contributed by atoms with Gasteiger partial charge in [-0.05, 0) is 6.08 Å². The van der Waals surface area contributed by atoms with Gasteiger partial charge in [-0.25, -0.2) is 0 Å².